The Hall–Kier alpha value is -0.790. The average molecular weight is 113 g/mol. The highest BCUT2D eigenvalue weighted by molar-refractivity contribution is 5.84. The number of hydrogen-bond acceptors (Lipinski definition) is 2. The maximum absolute atomic E-state index is 6.93. The third-order valence-electron chi connectivity index (χ3n) is 0.725. The molecule has 0 aromatic heterocycles. The molecule has 0 aromatic rings. The zero-order chi connectivity index (χ0) is 6.41. The van der Waals surface area contributed by atoms with Crippen LogP contribution in [0.5, 0.6) is 0 Å². The Balaban J connectivity index is 3.37. The second-order valence-corrected chi connectivity index (χ2v) is 1.38. The molecule has 0 bridgehead atoms. The Morgan fingerprint density at radius 1 is 1.75 bits per heavy atom. The number of methoxy groups -OCH3 is 1. The number of nitrogens with one attached hydrogen (secondary N) is 1. The summed E-state index contributed by atoms with van der Waals surface area (Å²) in [6, 6.07) is 0. The van der Waals surface area contributed by atoms with E-state index in [1.807, 2.05) is 13.0 Å². The van der Waals surface area contributed by atoms with Crippen LogP contribution in [0.3, 0.4) is 0 Å². The summed E-state index contributed by atoms with van der Waals surface area (Å²) in [4.78, 5) is 0. The van der Waals surface area contributed by atoms with Crippen molar-refractivity contribution in [2.45, 2.75) is 13.3 Å². The second-order valence-electron chi connectivity index (χ2n) is 1.38. The maximum Gasteiger partial charge on any atom is 0.205 e. The van der Waals surface area contributed by atoms with Crippen LogP contribution in [0, 0.1) is 5.41 Å². The normalized spacial score (nSPS) is 9.75. The van der Waals surface area contributed by atoms with Crippen LogP contribution in [0.4, 0.5) is 0 Å². The molecule has 0 aliphatic heterocycles. The molecule has 0 aliphatic rings. The van der Waals surface area contributed by atoms with Gasteiger partial charge in [-0.1, -0.05) is 13.0 Å². The van der Waals surface area contributed by atoms with Crippen LogP contribution in [-0.2, 0) is 4.74 Å². The molecule has 0 fully saturated rings. The summed E-state index contributed by atoms with van der Waals surface area (Å²) in [5.74, 6) is 0.215. The highest BCUT2D eigenvalue weighted by Gasteiger charge is 1.79. The van der Waals surface area contributed by atoms with Crippen molar-refractivity contribution in [2.24, 2.45) is 0 Å². The molecule has 2 nitrogen and oxygen atoms in total. The first-order valence-corrected chi connectivity index (χ1v) is 2.60. The average Bonchev–Trinajstić information content (AvgIpc) is 1.83. The molecule has 0 aliphatic carbocycles. The van der Waals surface area contributed by atoms with Gasteiger partial charge in [0, 0.05) is 0 Å². The minimum Gasteiger partial charge on any atom is -0.481 e. The van der Waals surface area contributed by atoms with E-state index >= 15 is 0 Å². The summed E-state index contributed by atoms with van der Waals surface area (Å²) in [5.41, 5.74) is 0. The fraction of sp³-hybridized carbons (Fsp3) is 0.500. The molecular weight excluding hydrogens is 102 g/mol. The molecule has 0 amide bonds. The smallest absolute Gasteiger partial charge is 0.205 e. The molecule has 2 heteroatoms. The first-order chi connectivity index (χ1) is 3.81. The molecule has 0 heterocycles. The Morgan fingerprint density at radius 3 is 2.75 bits per heavy atom. The Morgan fingerprint density at radius 2 is 2.38 bits per heavy atom. The van der Waals surface area contributed by atoms with E-state index in [0.717, 1.165) is 6.42 Å². The van der Waals surface area contributed by atoms with Gasteiger partial charge < -0.3 is 4.74 Å². The molecular formula is C6H11NO. The van der Waals surface area contributed by atoms with E-state index in [-0.39, 0.29) is 5.90 Å². The molecule has 0 unspecified atom stereocenters. The zero-order valence-electron chi connectivity index (χ0n) is 5.27. The van der Waals surface area contributed by atoms with Crippen LogP contribution < -0.4 is 0 Å². The highest BCUT2D eigenvalue weighted by atomic mass is 16.5. The maximum atomic E-state index is 6.93. The van der Waals surface area contributed by atoms with Gasteiger partial charge in [0.1, 0.15) is 0 Å². The van der Waals surface area contributed by atoms with Crippen molar-refractivity contribution in [3.63, 3.8) is 0 Å². The zero-order valence-corrected chi connectivity index (χ0v) is 5.27. The standard InChI is InChI=1S/C6H11NO/c1-3-4-5-6(7)8-2/h4-5,7H,3H2,1-2H3. The summed E-state index contributed by atoms with van der Waals surface area (Å²) in [7, 11) is 1.49. The lowest BCUT2D eigenvalue weighted by Crippen LogP contribution is -1.91. The van der Waals surface area contributed by atoms with E-state index in [2.05, 4.69) is 4.74 Å². The molecule has 0 saturated heterocycles. The van der Waals surface area contributed by atoms with Gasteiger partial charge >= 0.3 is 0 Å². The topological polar surface area (TPSA) is 33.1 Å². The van der Waals surface area contributed by atoms with Crippen LogP contribution in [-0.4, -0.2) is 13.0 Å². The highest BCUT2D eigenvalue weighted by Crippen LogP contribution is 1.81. The first kappa shape index (κ1) is 7.21. The molecule has 8 heavy (non-hydrogen) atoms. The summed E-state index contributed by atoms with van der Waals surface area (Å²) in [6.45, 7) is 2.01. The van der Waals surface area contributed by atoms with Crippen LogP contribution in [0.2, 0.25) is 0 Å². The number of ether oxygens (including phenoxy) is 1. The Labute approximate surface area is 49.7 Å². The largest absolute Gasteiger partial charge is 0.481 e. The van der Waals surface area contributed by atoms with Crippen molar-refractivity contribution in [3.05, 3.63) is 12.2 Å². The predicted octanol–water partition coefficient (Wildman–Crippen LogP) is 1.58. The third kappa shape index (κ3) is 3.40. The van der Waals surface area contributed by atoms with E-state index in [9.17, 15) is 0 Å². The minimum atomic E-state index is 0.215. The molecule has 0 atom stereocenters. The van der Waals surface area contributed by atoms with Gasteiger partial charge in [-0.05, 0) is 12.5 Å². The van der Waals surface area contributed by atoms with Gasteiger partial charge in [-0.15, -0.1) is 0 Å². The molecule has 0 aromatic carbocycles. The Kier molecular flexibility index (Phi) is 3.94. The lowest BCUT2D eigenvalue weighted by atomic mass is 10.4. The van der Waals surface area contributed by atoms with Gasteiger partial charge in [0.15, 0.2) is 0 Å². The number of rotatable bonds is 2. The fourth-order valence-corrected chi connectivity index (χ4v) is 0.293. The van der Waals surface area contributed by atoms with Gasteiger partial charge in [0.2, 0.25) is 5.90 Å². The van der Waals surface area contributed by atoms with Gasteiger partial charge in [-0.25, -0.2) is 0 Å². The fourth-order valence-electron chi connectivity index (χ4n) is 0.293. The van der Waals surface area contributed by atoms with E-state index in [1.54, 1.807) is 6.08 Å². The monoisotopic (exact) mass is 113 g/mol. The van der Waals surface area contributed by atoms with Crippen LogP contribution >= 0.6 is 0 Å². The van der Waals surface area contributed by atoms with Crippen molar-refractivity contribution in [1.82, 2.24) is 0 Å². The molecule has 1 N–H and O–H groups in total. The third-order valence-corrected chi connectivity index (χ3v) is 0.725. The lowest BCUT2D eigenvalue weighted by molar-refractivity contribution is 0.403. The molecule has 0 saturated carbocycles. The van der Waals surface area contributed by atoms with Crippen molar-refractivity contribution in [1.29, 1.82) is 5.41 Å². The summed E-state index contributed by atoms with van der Waals surface area (Å²) >= 11 is 0. The van der Waals surface area contributed by atoms with Gasteiger partial charge in [0.05, 0.1) is 7.11 Å². The second kappa shape index (κ2) is 4.37. The van der Waals surface area contributed by atoms with Crippen molar-refractivity contribution < 1.29 is 4.74 Å². The van der Waals surface area contributed by atoms with Gasteiger partial charge in [-0.3, -0.25) is 5.41 Å². The van der Waals surface area contributed by atoms with E-state index in [4.69, 9.17) is 5.41 Å². The molecule has 0 spiro atoms. The molecule has 0 rings (SSSR count). The van der Waals surface area contributed by atoms with Gasteiger partial charge in [-0.2, -0.15) is 0 Å². The summed E-state index contributed by atoms with van der Waals surface area (Å²) in [5, 5.41) is 6.93. The first-order valence-electron chi connectivity index (χ1n) is 2.60. The van der Waals surface area contributed by atoms with Gasteiger partial charge in [0.25, 0.3) is 0 Å². The summed E-state index contributed by atoms with van der Waals surface area (Å²) in [6.07, 6.45) is 4.47. The molecule has 46 valence electrons. The van der Waals surface area contributed by atoms with E-state index in [1.165, 1.54) is 7.11 Å². The van der Waals surface area contributed by atoms with E-state index in [0.29, 0.717) is 0 Å². The SMILES string of the molecule is CCC=CC(=N)OC. The number of allylic oxidation sites excluding steroid dienone is 1. The van der Waals surface area contributed by atoms with Crippen LogP contribution in [0.15, 0.2) is 12.2 Å². The van der Waals surface area contributed by atoms with Crippen LogP contribution in [0.25, 0.3) is 0 Å². The lowest BCUT2D eigenvalue weighted by Gasteiger charge is -1.90. The Bertz CT molecular complexity index is 96.7. The van der Waals surface area contributed by atoms with Crippen molar-refractivity contribution >= 4 is 5.90 Å². The van der Waals surface area contributed by atoms with Crippen molar-refractivity contribution in [2.75, 3.05) is 7.11 Å². The summed E-state index contributed by atoms with van der Waals surface area (Å²) < 4.78 is 4.55. The minimum absolute atomic E-state index is 0.215. The predicted molar refractivity (Wildman–Crippen MR) is 34.2 cm³/mol. The van der Waals surface area contributed by atoms with E-state index < -0.39 is 0 Å². The molecule has 0 radical (unpaired) electrons. The van der Waals surface area contributed by atoms with Crippen LogP contribution in [0.1, 0.15) is 13.3 Å². The van der Waals surface area contributed by atoms with Crippen molar-refractivity contribution in [3.8, 4) is 0 Å². The quantitative estimate of drug-likeness (QED) is 0.428. The number of hydrogen-bond donors (Lipinski definition) is 1.